The Kier molecular flexibility index (Phi) is 6.68. The number of hydrogen-bond acceptors (Lipinski definition) is 1. The van der Waals surface area contributed by atoms with Crippen LogP contribution in [0, 0.1) is 0 Å². The second-order valence-corrected chi connectivity index (χ2v) is 4.24. The van der Waals surface area contributed by atoms with Crippen LogP contribution in [0.1, 0.15) is 47.5 Å². The van der Waals surface area contributed by atoms with Gasteiger partial charge in [0.2, 0.25) is 0 Å². The van der Waals surface area contributed by atoms with Crippen molar-refractivity contribution in [2.24, 2.45) is 0 Å². The molecule has 0 amide bonds. The highest BCUT2D eigenvalue weighted by molar-refractivity contribution is 5.92. The first-order valence-corrected chi connectivity index (χ1v) is 5.42. The number of allylic oxidation sites excluding steroid dienone is 6. The molecule has 0 aliphatic heterocycles. The van der Waals surface area contributed by atoms with Crippen molar-refractivity contribution in [3.05, 3.63) is 34.9 Å². The molecule has 0 spiro atoms. The molecule has 0 aliphatic rings. The third-order valence-electron chi connectivity index (χ3n) is 2.26. The van der Waals surface area contributed by atoms with Gasteiger partial charge in [0.15, 0.2) is 5.78 Å². The third-order valence-corrected chi connectivity index (χ3v) is 2.26. The molecule has 15 heavy (non-hydrogen) atoms. The van der Waals surface area contributed by atoms with E-state index in [1.165, 1.54) is 11.1 Å². The van der Waals surface area contributed by atoms with Gasteiger partial charge in [-0.2, -0.15) is 0 Å². The van der Waals surface area contributed by atoms with Crippen LogP contribution in [0.25, 0.3) is 0 Å². The van der Waals surface area contributed by atoms with Crippen molar-refractivity contribution in [2.75, 3.05) is 0 Å². The Morgan fingerprint density at radius 3 is 2.07 bits per heavy atom. The highest BCUT2D eigenvalue weighted by atomic mass is 16.1. The lowest BCUT2D eigenvalue weighted by Crippen LogP contribution is -1.89. The minimum absolute atomic E-state index is 0.142. The Balaban J connectivity index is 4.16. The lowest BCUT2D eigenvalue weighted by molar-refractivity contribution is -0.113. The van der Waals surface area contributed by atoms with E-state index < -0.39 is 0 Å². The fourth-order valence-corrected chi connectivity index (χ4v) is 1.06. The van der Waals surface area contributed by atoms with E-state index >= 15 is 0 Å². The van der Waals surface area contributed by atoms with Gasteiger partial charge >= 0.3 is 0 Å². The molecule has 0 saturated carbocycles. The minimum atomic E-state index is 0.142. The average Bonchev–Trinajstić information content (AvgIpc) is 2.13. The second kappa shape index (κ2) is 7.22. The van der Waals surface area contributed by atoms with Gasteiger partial charge in [0.1, 0.15) is 0 Å². The van der Waals surface area contributed by atoms with Crippen molar-refractivity contribution in [2.45, 2.75) is 47.5 Å². The van der Waals surface area contributed by atoms with Gasteiger partial charge in [0.05, 0.1) is 0 Å². The quantitative estimate of drug-likeness (QED) is 0.374. The monoisotopic (exact) mass is 206 g/mol. The first kappa shape index (κ1) is 13.9. The molecule has 0 saturated heterocycles. The summed E-state index contributed by atoms with van der Waals surface area (Å²) in [5, 5.41) is 0. The SMILES string of the molecule is CC(=O)/C(C)=C/C=C(/C)CCC=C(C)C. The summed E-state index contributed by atoms with van der Waals surface area (Å²) in [5.41, 5.74) is 3.49. The molecule has 0 radical (unpaired) electrons. The summed E-state index contributed by atoms with van der Waals surface area (Å²) in [5.74, 6) is 0.142. The van der Waals surface area contributed by atoms with E-state index in [1.54, 1.807) is 6.92 Å². The maximum Gasteiger partial charge on any atom is 0.155 e. The van der Waals surface area contributed by atoms with E-state index in [0.29, 0.717) is 0 Å². The highest BCUT2D eigenvalue weighted by Gasteiger charge is 1.93. The third kappa shape index (κ3) is 7.92. The number of hydrogen-bond donors (Lipinski definition) is 0. The number of carbonyl (C=O) groups excluding carboxylic acids is 1. The Morgan fingerprint density at radius 1 is 1.00 bits per heavy atom. The van der Waals surface area contributed by atoms with Crippen molar-refractivity contribution in [3.8, 4) is 0 Å². The van der Waals surface area contributed by atoms with E-state index in [-0.39, 0.29) is 5.78 Å². The molecule has 1 heteroatoms. The van der Waals surface area contributed by atoms with Crippen LogP contribution in [0.15, 0.2) is 34.9 Å². The zero-order valence-electron chi connectivity index (χ0n) is 10.6. The van der Waals surface area contributed by atoms with Gasteiger partial charge in [-0.05, 0) is 53.0 Å². The van der Waals surface area contributed by atoms with Crippen molar-refractivity contribution in [3.63, 3.8) is 0 Å². The molecule has 0 aromatic heterocycles. The van der Waals surface area contributed by atoms with Gasteiger partial charge in [-0.15, -0.1) is 0 Å². The molecular weight excluding hydrogens is 184 g/mol. The van der Waals surface area contributed by atoms with Crippen LogP contribution in [0.4, 0.5) is 0 Å². The number of Topliss-reactive ketones (excluding diaryl/α,β-unsaturated/α-hetero) is 1. The molecule has 1 nitrogen and oxygen atoms in total. The standard InChI is InChI=1S/C14H22O/c1-11(2)7-6-8-12(3)9-10-13(4)14(5)15/h7,9-10H,6,8H2,1-5H3/b12-9-,13-10+. The Morgan fingerprint density at radius 2 is 1.60 bits per heavy atom. The Bertz CT molecular complexity index is 299. The average molecular weight is 206 g/mol. The van der Waals surface area contributed by atoms with E-state index in [0.717, 1.165) is 18.4 Å². The van der Waals surface area contributed by atoms with Crippen molar-refractivity contribution in [1.82, 2.24) is 0 Å². The van der Waals surface area contributed by atoms with Gasteiger partial charge < -0.3 is 0 Å². The molecule has 0 atom stereocenters. The van der Waals surface area contributed by atoms with Crippen LogP contribution in [0.3, 0.4) is 0 Å². The zero-order valence-corrected chi connectivity index (χ0v) is 10.6. The largest absolute Gasteiger partial charge is 0.295 e. The fourth-order valence-electron chi connectivity index (χ4n) is 1.06. The maximum absolute atomic E-state index is 11.0. The van der Waals surface area contributed by atoms with Crippen LogP contribution in [-0.4, -0.2) is 5.78 Å². The van der Waals surface area contributed by atoms with Crippen LogP contribution < -0.4 is 0 Å². The lowest BCUT2D eigenvalue weighted by atomic mass is 10.1. The van der Waals surface area contributed by atoms with Gasteiger partial charge in [-0.25, -0.2) is 0 Å². The van der Waals surface area contributed by atoms with E-state index in [1.807, 2.05) is 19.1 Å². The molecule has 0 N–H and O–H groups in total. The summed E-state index contributed by atoms with van der Waals surface area (Å²) < 4.78 is 0. The maximum atomic E-state index is 11.0. The summed E-state index contributed by atoms with van der Waals surface area (Å²) in [6, 6.07) is 0. The first-order valence-electron chi connectivity index (χ1n) is 5.42. The first-order chi connectivity index (χ1) is 6.93. The molecule has 0 rings (SSSR count). The Hall–Kier alpha value is -1.11. The van der Waals surface area contributed by atoms with E-state index in [4.69, 9.17) is 0 Å². The second-order valence-electron chi connectivity index (χ2n) is 4.24. The number of rotatable bonds is 5. The molecule has 0 fully saturated rings. The van der Waals surface area contributed by atoms with Crippen LogP contribution >= 0.6 is 0 Å². The fraction of sp³-hybridized carbons (Fsp3) is 0.500. The highest BCUT2D eigenvalue weighted by Crippen LogP contribution is 2.07. The minimum Gasteiger partial charge on any atom is -0.295 e. The van der Waals surface area contributed by atoms with E-state index in [9.17, 15) is 4.79 Å². The van der Waals surface area contributed by atoms with Crippen LogP contribution in [-0.2, 0) is 4.79 Å². The normalized spacial score (nSPS) is 12.6. The van der Waals surface area contributed by atoms with Gasteiger partial charge in [-0.3, -0.25) is 4.79 Å². The molecule has 0 aromatic carbocycles. The molecule has 84 valence electrons. The topological polar surface area (TPSA) is 17.1 Å². The number of carbonyl (C=O) groups is 1. The molecular formula is C14H22O. The van der Waals surface area contributed by atoms with Gasteiger partial charge in [0.25, 0.3) is 0 Å². The number of ketones is 1. The van der Waals surface area contributed by atoms with E-state index in [2.05, 4.69) is 26.8 Å². The zero-order chi connectivity index (χ0) is 11.8. The van der Waals surface area contributed by atoms with Gasteiger partial charge in [-0.1, -0.05) is 29.4 Å². The summed E-state index contributed by atoms with van der Waals surface area (Å²) >= 11 is 0. The summed E-state index contributed by atoms with van der Waals surface area (Å²) in [7, 11) is 0. The van der Waals surface area contributed by atoms with Crippen molar-refractivity contribution in [1.29, 1.82) is 0 Å². The summed E-state index contributed by atoms with van der Waals surface area (Å²) in [4.78, 5) is 11.0. The predicted molar refractivity (Wildman–Crippen MR) is 66.9 cm³/mol. The smallest absolute Gasteiger partial charge is 0.155 e. The molecule has 0 aliphatic carbocycles. The lowest BCUT2D eigenvalue weighted by Gasteiger charge is -1.97. The summed E-state index contributed by atoms with van der Waals surface area (Å²) in [6.07, 6.45) is 8.32. The molecule has 0 unspecified atom stereocenters. The Labute approximate surface area is 93.6 Å². The van der Waals surface area contributed by atoms with Crippen LogP contribution in [0.5, 0.6) is 0 Å². The molecule has 0 aromatic rings. The predicted octanol–water partition coefficient (Wildman–Crippen LogP) is 4.21. The van der Waals surface area contributed by atoms with Crippen LogP contribution in [0.2, 0.25) is 0 Å². The summed E-state index contributed by atoms with van der Waals surface area (Å²) in [6.45, 7) is 9.76. The molecule has 0 bridgehead atoms. The van der Waals surface area contributed by atoms with Crippen molar-refractivity contribution < 1.29 is 4.79 Å². The molecule has 0 heterocycles. The van der Waals surface area contributed by atoms with Gasteiger partial charge in [0, 0.05) is 0 Å². The van der Waals surface area contributed by atoms with Crippen molar-refractivity contribution >= 4 is 5.78 Å².